The Bertz CT molecular complexity index is 838. The summed E-state index contributed by atoms with van der Waals surface area (Å²) in [5.41, 5.74) is 2.28. The molecule has 8 heteroatoms. The molecule has 0 radical (unpaired) electrons. The van der Waals surface area contributed by atoms with Gasteiger partial charge in [0, 0.05) is 55.6 Å². The highest BCUT2D eigenvalue weighted by Gasteiger charge is 2.24. The second-order valence-electron chi connectivity index (χ2n) is 7.42. The second kappa shape index (κ2) is 10.5. The van der Waals surface area contributed by atoms with Crippen LogP contribution in [-0.4, -0.2) is 81.4 Å². The number of hydrogen-bond acceptors (Lipinski definition) is 7. The zero-order chi connectivity index (χ0) is 21.5. The van der Waals surface area contributed by atoms with Gasteiger partial charge in [0.05, 0.1) is 18.9 Å². The summed E-state index contributed by atoms with van der Waals surface area (Å²) in [7, 11) is 0. The van der Waals surface area contributed by atoms with Crippen LogP contribution in [0.4, 0.5) is 0 Å². The number of ether oxygens (including phenoxy) is 1. The first-order valence-electron chi connectivity index (χ1n) is 10.1. The summed E-state index contributed by atoms with van der Waals surface area (Å²) in [5, 5.41) is 29.4. The van der Waals surface area contributed by atoms with Crippen LogP contribution < -0.4 is 4.74 Å². The van der Waals surface area contributed by atoms with Crippen LogP contribution in [0.2, 0.25) is 0 Å². The fourth-order valence-electron chi connectivity index (χ4n) is 3.60. The van der Waals surface area contributed by atoms with Crippen molar-refractivity contribution >= 4 is 5.91 Å². The molecule has 0 spiro atoms. The van der Waals surface area contributed by atoms with E-state index in [-0.39, 0.29) is 25.7 Å². The van der Waals surface area contributed by atoms with E-state index >= 15 is 0 Å². The number of hydrogen-bond donors (Lipinski definition) is 3. The van der Waals surface area contributed by atoms with Gasteiger partial charge in [0.2, 0.25) is 0 Å². The van der Waals surface area contributed by atoms with E-state index in [0.29, 0.717) is 60.9 Å². The lowest BCUT2D eigenvalue weighted by atomic mass is 10.1. The lowest BCUT2D eigenvalue weighted by Crippen LogP contribution is -2.51. The topological polar surface area (TPSA) is 106 Å². The molecule has 1 unspecified atom stereocenters. The summed E-state index contributed by atoms with van der Waals surface area (Å²) in [6.45, 7) is 4.29. The summed E-state index contributed by atoms with van der Waals surface area (Å²) >= 11 is 0. The van der Waals surface area contributed by atoms with Crippen LogP contribution in [0.15, 0.2) is 36.5 Å². The maximum Gasteiger partial charge on any atom is 0.253 e. The van der Waals surface area contributed by atoms with E-state index in [9.17, 15) is 20.1 Å². The van der Waals surface area contributed by atoms with Crippen LogP contribution in [0.3, 0.4) is 0 Å². The van der Waals surface area contributed by atoms with Gasteiger partial charge in [-0.15, -0.1) is 0 Å². The highest BCUT2D eigenvalue weighted by Crippen LogP contribution is 2.25. The quantitative estimate of drug-likeness (QED) is 0.579. The lowest BCUT2D eigenvalue weighted by Gasteiger charge is -2.35. The Morgan fingerprint density at radius 3 is 2.47 bits per heavy atom. The minimum absolute atomic E-state index is 0.0300. The Labute approximate surface area is 176 Å². The van der Waals surface area contributed by atoms with Gasteiger partial charge in [-0.1, -0.05) is 18.2 Å². The Morgan fingerprint density at radius 2 is 1.83 bits per heavy atom. The third-order valence-corrected chi connectivity index (χ3v) is 5.30. The Kier molecular flexibility index (Phi) is 7.75. The van der Waals surface area contributed by atoms with Crippen LogP contribution >= 0.6 is 0 Å². The Hall–Kier alpha value is -2.52. The van der Waals surface area contributed by atoms with E-state index in [4.69, 9.17) is 4.74 Å². The van der Waals surface area contributed by atoms with Gasteiger partial charge in [-0.05, 0) is 19.1 Å². The summed E-state index contributed by atoms with van der Waals surface area (Å²) in [4.78, 5) is 20.6. The minimum atomic E-state index is -0.731. The van der Waals surface area contributed by atoms with Crippen LogP contribution in [-0.2, 0) is 13.2 Å². The van der Waals surface area contributed by atoms with Crippen molar-refractivity contribution in [2.75, 3.05) is 39.3 Å². The maximum absolute atomic E-state index is 12.5. The number of benzene rings is 1. The summed E-state index contributed by atoms with van der Waals surface area (Å²) in [5.74, 6) is 0.434. The third-order valence-electron chi connectivity index (χ3n) is 5.30. The molecule has 1 atom stereocenters. The van der Waals surface area contributed by atoms with Gasteiger partial charge in [0.25, 0.3) is 5.91 Å². The Morgan fingerprint density at radius 1 is 1.13 bits per heavy atom. The number of carbonyl (C=O) groups is 1. The molecule has 2 aromatic rings. The zero-order valence-corrected chi connectivity index (χ0v) is 17.2. The largest absolute Gasteiger partial charge is 0.489 e. The van der Waals surface area contributed by atoms with Gasteiger partial charge in [-0.25, -0.2) is 0 Å². The van der Waals surface area contributed by atoms with Crippen molar-refractivity contribution in [2.45, 2.75) is 26.2 Å². The molecule has 1 saturated heterocycles. The first kappa shape index (κ1) is 22.2. The smallest absolute Gasteiger partial charge is 0.253 e. The predicted octanol–water partition coefficient (Wildman–Crippen LogP) is 0.572. The highest BCUT2D eigenvalue weighted by molar-refractivity contribution is 5.94. The number of aromatic nitrogens is 1. The molecule has 1 aliphatic heterocycles. The van der Waals surface area contributed by atoms with Gasteiger partial charge in [-0.3, -0.25) is 14.7 Å². The summed E-state index contributed by atoms with van der Waals surface area (Å²) in [6, 6.07) is 9.24. The molecule has 1 amide bonds. The van der Waals surface area contributed by atoms with Crippen molar-refractivity contribution < 1.29 is 24.9 Å². The molecule has 3 rings (SSSR count). The van der Waals surface area contributed by atoms with Crippen molar-refractivity contribution in [3.05, 3.63) is 58.9 Å². The molecule has 30 heavy (non-hydrogen) atoms. The van der Waals surface area contributed by atoms with Gasteiger partial charge in [0.15, 0.2) is 0 Å². The number of carbonyl (C=O) groups excluding carboxylic acids is 1. The molecule has 1 fully saturated rings. The van der Waals surface area contributed by atoms with Crippen LogP contribution in [0, 0.1) is 6.92 Å². The molecule has 0 saturated carbocycles. The number of aryl methyl sites for hydroxylation is 1. The number of aliphatic hydroxyl groups is 3. The SMILES string of the molecule is Cc1ncc(CO)c(CO)c1OCC(O)CN1CCN(C(=O)c2ccccc2)CC1. The first-order chi connectivity index (χ1) is 14.5. The van der Waals surface area contributed by atoms with Crippen molar-refractivity contribution in [2.24, 2.45) is 0 Å². The standard InChI is InChI=1S/C22H29N3O5/c1-16-21(20(14-27)18(13-26)11-23-16)30-15-19(28)12-24-7-9-25(10-8-24)22(29)17-5-3-2-4-6-17/h2-6,11,19,26-28H,7-10,12-15H2,1H3. The average Bonchev–Trinajstić information content (AvgIpc) is 2.78. The predicted molar refractivity (Wildman–Crippen MR) is 111 cm³/mol. The third kappa shape index (κ3) is 5.34. The van der Waals surface area contributed by atoms with Crippen LogP contribution in [0.5, 0.6) is 5.75 Å². The number of rotatable bonds is 8. The van der Waals surface area contributed by atoms with E-state index in [1.165, 1.54) is 6.20 Å². The molecular weight excluding hydrogens is 386 g/mol. The van der Waals surface area contributed by atoms with Crippen molar-refractivity contribution in [1.82, 2.24) is 14.8 Å². The van der Waals surface area contributed by atoms with Crippen molar-refractivity contribution in [3.63, 3.8) is 0 Å². The van der Waals surface area contributed by atoms with E-state index < -0.39 is 6.10 Å². The number of aliphatic hydroxyl groups excluding tert-OH is 3. The Balaban J connectivity index is 1.49. The molecule has 3 N–H and O–H groups in total. The van der Waals surface area contributed by atoms with E-state index in [1.54, 1.807) is 6.92 Å². The zero-order valence-electron chi connectivity index (χ0n) is 17.2. The molecular formula is C22H29N3O5. The first-order valence-corrected chi connectivity index (χ1v) is 10.1. The molecule has 162 valence electrons. The normalized spacial score (nSPS) is 15.8. The molecule has 8 nitrogen and oxygen atoms in total. The maximum atomic E-state index is 12.5. The number of amides is 1. The highest BCUT2D eigenvalue weighted by atomic mass is 16.5. The van der Waals surface area contributed by atoms with Crippen molar-refractivity contribution in [3.8, 4) is 5.75 Å². The molecule has 1 aliphatic rings. The molecule has 1 aromatic heterocycles. The van der Waals surface area contributed by atoms with Gasteiger partial charge in [-0.2, -0.15) is 0 Å². The van der Waals surface area contributed by atoms with E-state index in [0.717, 1.165) is 0 Å². The average molecular weight is 415 g/mol. The fraction of sp³-hybridized carbons (Fsp3) is 0.455. The minimum Gasteiger partial charge on any atom is -0.489 e. The van der Waals surface area contributed by atoms with Gasteiger partial charge < -0.3 is 25.0 Å². The lowest BCUT2D eigenvalue weighted by molar-refractivity contribution is 0.0398. The number of pyridine rings is 1. The molecule has 0 bridgehead atoms. The molecule has 1 aromatic carbocycles. The second-order valence-corrected chi connectivity index (χ2v) is 7.42. The van der Waals surface area contributed by atoms with Crippen LogP contribution in [0.25, 0.3) is 0 Å². The number of piperazine rings is 1. The molecule has 0 aliphatic carbocycles. The fourth-order valence-corrected chi connectivity index (χ4v) is 3.60. The van der Waals surface area contributed by atoms with E-state index in [2.05, 4.69) is 9.88 Å². The van der Waals surface area contributed by atoms with Crippen LogP contribution in [0.1, 0.15) is 27.2 Å². The van der Waals surface area contributed by atoms with Gasteiger partial charge in [0.1, 0.15) is 18.5 Å². The van der Waals surface area contributed by atoms with E-state index in [1.807, 2.05) is 35.2 Å². The number of β-amino-alcohol motifs (C(OH)–C–C–N with tert-alkyl or cyclic N) is 1. The van der Waals surface area contributed by atoms with Gasteiger partial charge >= 0.3 is 0 Å². The summed E-state index contributed by atoms with van der Waals surface area (Å²) in [6.07, 6.45) is 0.783. The molecule has 2 heterocycles. The van der Waals surface area contributed by atoms with Crippen molar-refractivity contribution in [1.29, 1.82) is 0 Å². The monoisotopic (exact) mass is 415 g/mol. The summed E-state index contributed by atoms with van der Waals surface area (Å²) < 4.78 is 5.75. The number of nitrogens with zero attached hydrogens (tertiary/aromatic N) is 3.